The highest BCUT2D eigenvalue weighted by Crippen LogP contribution is 2.27. The lowest BCUT2D eigenvalue weighted by Gasteiger charge is -2.20. The van der Waals surface area contributed by atoms with Gasteiger partial charge in [0.05, 0.1) is 6.04 Å². The number of aromatic nitrogens is 2. The Morgan fingerprint density at radius 1 is 1.18 bits per heavy atom. The molecule has 0 spiro atoms. The normalized spacial score (nSPS) is 12.7. The molecule has 0 amide bonds. The van der Waals surface area contributed by atoms with Crippen molar-refractivity contribution < 1.29 is 13.2 Å². The molecule has 1 heterocycles. The van der Waals surface area contributed by atoms with Gasteiger partial charge in [-0.25, -0.2) is 9.97 Å². The van der Waals surface area contributed by atoms with E-state index in [1.807, 2.05) is 38.1 Å². The van der Waals surface area contributed by atoms with Gasteiger partial charge in [0.25, 0.3) is 0 Å². The molecule has 3 N–H and O–H groups in total. The van der Waals surface area contributed by atoms with E-state index in [1.54, 1.807) is 7.05 Å². The number of hydrogen-bond acceptors (Lipinski definition) is 4. The van der Waals surface area contributed by atoms with Crippen LogP contribution in [0.5, 0.6) is 0 Å². The molecular weight excluding hydrogens is 484 g/mol. The zero-order valence-corrected chi connectivity index (χ0v) is 18.2. The first-order valence-electron chi connectivity index (χ1n) is 8.48. The van der Waals surface area contributed by atoms with Crippen LogP contribution in [0.25, 0.3) is 0 Å². The van der Waals surface area contributed by atoms with Crippen LogP contribution in [-0.2, 0) is 6.18 Å². The van der Waals surface area contributed by atoms with E-state index in [2.05, 4.69) is 30.9 Å². The topological polar surface area (TPSA) is 74.2 Å². The van der Waals surface area contributed by atoms with Crippen LogP contribution in [0.3, 0.4) is 0 Å². The Kier molecular flexibility index (Phi) is 9.42. The molecule has 1 aromatic heterocycles. The SMILES string of the molecule is CN=C(NCCNc1nccc(C(F)(F)F)n1)NC(C)c1ccccc1C.I. The molecule has 0 saturated carbocycles. The molecule has 0 radical (unpaired) electrons. The van der Waals surface area contributed by atoms with Gasteiger partial charge >= 0.3 is 6.18 Å². The van der Waals surface area contributed by atoms with E-state index >= 15 is 0 Å². The molecule has 2 rings (SSSR count). The number of guanidine groups is 1. The van der Waals surface area contributed by atoms with E-state index < -0.39 is 11.9 Å². The van der Waals surface area contributed by atoms with Gasteiger partial charge in [-0.2, -0.15) is 13.2 Å². The number of alkyl halides is 3. The highest BCUT2D eigenvalue weighted by molar-refractivity contribution is 14.0. The molecule has 0 saturated heterocycles. The molecule has 1 aromatic carbocycles. The number of aliphatic imine (C=N–C) groups is 1. The largest absolute Gasteiger partial charge is 0.433 e. The zero-order chi connectivity index (χ0) is 19.9. The van der Waals surface area contributed by atoms with Crippen LogP contribution >= 0.6 is 24.0 Å². The molecule has 0 aliphatic carbocycles. The summed E-state index contributed by atoms with van der Waals surface area (Å²) in [6.45, 7) is 4.84. The average molecular weight is 508 g/mol. The van der Waals surface area contributed by atoms with Crippen molar-refractivity contribution >= 4 is 35.9 Å². The van der Waals surface area contributed by atoms with Gasteiger partial charge < -0.3 is 16.0 Å². The van der Waals surface area contributed by atoms with Crippen molar-refractivity contribution in [1.82, 2.24) is 20.6 Å². The van der Waals surface area contributed by atoms with Crippen LogP contribution in [0.4, 0.5) is 19.1 Å². The third kappa shape index (κ3) is 7.13. The number of halogens is 4. The van der Waals surface area contributed by atoms with Crippen molar-refractivity contribution in [1.29, 1.82) is 0 Å². The van der Waals surface area contributed by atoms with Crippen molar-refractivity contribution in [3.8, 4) is 0 Å². The highest BCUT2D eigenvalue weighted by atomic mass is 127. The van der Waals surface area contributed by atoms with Gasteiger partial charge in [0.2, 0.25) is 5.95 Å². The van der Waals surface area contributed by atoms with E-state index in [1.165, 1.54) is 5.56 Å². The van der Waals surface area contributed by atoms with Gasteiger partial charge in [0.15, 0.2) is 5.96 Å². The number of rotatable bonds is 6. The van der Waals surface area contributed by atoms with Crippen LogP contribution in [-0.4, -0.2) is 36.1 Å². The van der Waals surface area contributed by atoms with Crippen LogP contribution in [0.2, 0.25) is 0 Å². The average Bonchev–Trinajstić information content (AvgIpc) is 2.64. The first-order chi connectivity index (χ1) is 12.8. The van der Waals surface area contributed by atoms with E-state index in [0.717, 1.165) is 17.8 Å². The molecular formula is C18H24F3IN6. The van der Waals surface area contributed by atoms with E-state index in [4.69, 9.17) is 0 Å². The molecule has 2 aromatic rings. The fourth-order valence-corrected chi connectivity index (χ4v) is 2.51. The van der Waals surface area contributed by atoms with Crippen LogP contribution in [0.15, 0.2) is 41.5 Å². The molecule has 0 aliphatic rings. The zero-order valence-electron chi connectivity index (χ0n) is 15.8. The highest BCUT2D eigenvalue weighted by Gasteiger charge is 2.32. The minimum Gasteiger partial charge on any atom is -0.355 e. The summed E-state index contributed by atoms with van der Waals surface area (Å²) < 4.78 is 37.9. The lowest BCUT2D eigenvalue weighted by molar-refractivity contribution is -0.141. The monoisotopic (exact) mass is 508 g/mol. The Bertz CT molecular complexity index is 782. The summed E-state index contributed by atoms with van der Waals surface area (Å²) >= 11 is 0. The second-order valence-electron chi connectivity index (χ2n) is 5.91. The van der Waals surface area contributed by atoms with Crippen molar-refractivity contribution in [2.45, 2.75) is 26.1 Å². The minimum atomic E-state index is -4.49. The maximum absolute atomic E-state index is 12.6. The molecule has 6 nitrogen and oxygen atoms in total. The minimum absolute atomic E-state index is 0. The Hall–Kier alpha value is -2.11. The van der Waals surface area contributed by atoms with Gasteiger partial charge in [0, 0.05) is 26.3 Å². The Labute approximate surface area is 179 Å². The van der Waals surface area contributed by atoms with Gasteiger partial charge in [-0.05, 0) is 31.0 Å². The third-order valence-electron chi connectivity index (χ3n) is 3.88. The molecule has 1 atom stereocenters. The summed E-state index contributed by atoms with van der Waals surface area (Å²) in [5.74, 6) is 0.528. The summed E-state index contributed by atoms with van der Waals surface area (Å²) in [6, 6.07) is 8.95. The van der Waals surface area contributed by atoms with Crippen LogP contribution in [0.1, 0.15) is 29.8 Å². The summed E-state index contributed by atoms with van der Waals surface area (Å²) in [7, 11) is 1.66. The number of hydrogen-bond donors (Lipinski definition) is 3. The van der Waals surface area contributed by atoms with Gasteiger partial charge in [0.1, 0.15) is 5.69 Å². The molecule has 0 bridgehead atoms. The quantitative estimate of drug-likeness (QED) is 0.240. The maximum Gasteiger partial charge on any atom is 0.433 e. The van der Waals surface area contributed by atoms with Gasteiger partial charge in [-0.15, -0.1) is 24.0 Å². The van der Waals surface area contributed by atoms with E-state index in [9.17, 15) is 13.2 Å². The molecule has 0 fully saturated rings. The van der Waals surface area contributed by atoms with E-state index in [-0.39, 0.29) is 36.0 Å². The van der Waals surface area contributed by atoms with Gasteiger partial charge in [-0.3, -0.25) is 4.99 Å². The number of nitrogens with one attached hydrogen (secondary N) is 3. The maximum atomic E-state index is 12.6. The van der Waals surface area contributed by atoms with Crippen molar-refractivity contribution in [2.24, 2.45) is 4.99 Å². The number of nitrogens with zero attached hydrogens (tertiary/aromatic N) is 3. The van der Waals surface area contributed by atoms with Crippen molar-refractivity contribution in [3.05, 3.63) is 53.3 Å². The Morgan fingerprint density at radius 3 is 2.54 bits per heavy atom. The first-order valence-corrected chi connectivity index (χ1v) is 8.48. The lowest BCUT2D eigenvalue weighted by Crippen LogP contribution is -2.40. The van der Waals surface area contributed by atoms with Crippen molar-refractivity contribution in [2.75, 3.05) is 25.5 Å². The summed E-state index contributed by atoms with van der Waals surface area (Å²) in [5, 5.41) is 9.15. The second-order valence-corrected chi connectivity index (χ2v) is 5.91. The van der Waals surface area contributed by atoms with Crippen LogP contribution < -0.4 is 16.0 Å². The Balaban J connectivity index is 0.00000392. The Morgan fingerprint density at radius 2 is 1.89 bits per heavy atom. The smallest absolute Gasteiger partial charge is 0.355 e. The first kappa shape index (κ1) is 23.9. The predicted octanol–water partition coefficient (Wildman–Crippen LogP) is 3.76. The number of anilines is 1. The number of aryl methyl sites for hydroxylation is 1. The molecule has 10 heteroatoms. The third-order valence-corrected chi connectivity index (χ3v) is 3.88. The predicted molar refractivity (Wildman–Crippen MR) is 115 cm³/mol. The summed E-state index contributed by atoms with van der Waals surface area (Å²) in [5.41, 5.74) is 1.37. The standard InChI is InChI=1S/C18H23F3N6.HI/c1-12-6-4-5-7-14(12)13(2)26-16(22-3)24-10-11-25-17-23-9-8-15(27-17)18(19,20)21;/h4-9,13H,10-11H2,1-3H3,(H2,22,24,26)(H,23,25,27);1H. The summed E-state index contributed by atoms with van der Waals surface area (Å²) in [4.78, 5) is 11.4. The summed E-state index contributed by atoms with van der Waals surface area (Å²) in [6.07, 6.45) is -3.41. The molecule has 28 heavy (non-hydrogen) atoms. The van der Waals surface area contributed by atoms with Crippen molar-refractivity contribution in [3.63, 3.8) is 0 Å². The molecule has 154 valence electrons. The number of benzene rings is 1. The lowest BCUT2D eigenvalue weighted by atomic mass is 10.0. The molecule has 1 unspecified atom stereocenters. The van der Waals surface area contributed by atoms with Gasteiger partial charge in [-0.1, -0.05) is 24.3 Å². The molecule has 0 aliphatic heterocycles. The van der Waals surface area contributed by atoms with E-state index in [0.29, 0.717) is 19.0 Å². The second kappa shape index (κ2) is 11.0. The van der Waals surface area contributed by atoms with Crippen LogP contribution in [0, 0.1) is 6.92 Å². The fraction of sp³-hybridized carbons (Fsp3) is 0.389. The fourth-order valence-electron chi connectivity index (χ4n) is 2.51.